The van der Waals surface area contributed by atoms with Crippen LogP contribution >= 0.6 is 23.2 Å². The van der Waals surface area contributed by atoms with Crippen LogP contribution in [-0.2, 0) is 9.59 Å². The monoisotopic (exact) mass is 348 g/mol. The molecule has 6 heteroatoms. The highest BCUT2D eigenvalue weighted by molar-refractivity contribution is 6.35. The lowest BCUT2D eigenvalue weighted by molar-refractivity contribution is -0.121. The molecule has 0 aliphatic heterocycles. The molecule has 0 heterocycles. The Kier molecular flexibility index (Phi) is 6.20. The third-order valence-corrected chi connectivity index (χ3v) is 3.42. The highest BCUT2D eigenvalue weighted by Gasteiger charge is 2.07. The topological polar surface area (TPSA) is 58.2 Å². The van der Waals surface area contributed by atoms with E-state index in [1.54, 1.807) is 24.3 Å². The van der Waals surface area contributed by atoms with Gasteiger partial charge in [-0.3, -0.25) is 9.59 Å². The highest BCUT2D eigenvalue weighted by atomic mass is 35.5. The summed E-state index contributed by atoms with van der Waals surface area (Å²) in [6, 6.07) is 14.1. The number of hydrogen-bond donors (Lipinski definition) is 2. The zero-order valence-corrected chi connectivity index (χ0v) is 13.6. The molecule has 4 nitrogen and oxygen atoms in total. The van der Waals surface area contributed by atoms with Crippen LogP contribution < -0.4 is 10.6 Å². The molecule has 0 aliphatic carbocycles. The number of carbonyl (C=O) groups excluding carboxylic acids is 2. The van der Waals surface area contributed by atoms with Gasteiger partial charge in [0.25, 0.3) is 0 Å². The van der Waals surface area contributed by atoms with Gasteiger partial charge in [0, 0.05) is 11.1 Å². The minimum absolute atomic E-state index is 0.166. The molecule has 2 aromatic rings. The maximum Gasteiger partial charge on any atom is 0.244 e. The fourth-order valence-electron chi connectivity index (χ4n) is 1.75. The minimum Gasteiger partial charge on any atom is -0.343 e. The average Bonchev–Trinajstić information content (AvgIpc) is 2.55. The van der Waals surface area contributed by atoms with Crippen molar-refractivity contribution in [3.63, 3.8) is 0 Å². The normalized spacial score (nSPS) is 10.5. The van der Waals surface area contributed by atoms with E-state index < -0.39 is 5.91 Å². The summed E-state index contributed by atoms with van der Waals surface area (Å²) in [5.41, 5.74) is 1.30. The first-order valence-electron chi connectivity index (χ1n) is 6.80. The van der Waals surface area contributed by atoms with Crippen LogP contribution in [0, 0.1) is 0 Å². The lowest BCUT2D eigenvalue weighted by Crippen LogP contribution is -2.31. The van der Waals surface area contributed by atoms with Gasteiger partial charge in [-0.15, -0.1) is 0 Å². The van der Waals surface area contributed by atoms with Gasteiger partial charge in [-0.2, -0.15) is 0 Å². The molecule has 0 aliphatic rings. The van der Waals surface area contributed by atoms with Gasteiger partial charge in [0.1, 0.15) is 0 Å². The van der Waals surface area contributed by atoms with Gasteiger partial charge < -0.3 is 10.6 Å². The fraction of sp³-hybridized carbons (Fsp3) is 0.0588. The Hall–Kier alpha value is -2.30. The van der Waals surface area contributed by atoms with E-state index in [0.29, 0.717) is 15.7 Å². The summed E-state index contributed by atoms with van der Waals surface area (Å²) in [5.74, 6) is -0.753. The van der Waals surface area contributed by atoms with Crippen molar-refractivity contribution >= 4 is 46.8 Å². The average molecular weight is 349 g/mol. The summed E-state index contributed by atoms with van der Waals surface area (Å²) in [6.07, 6.45) is 3.04. The first kappa shape index (κ1) is 17.1. The highest BCUT2D eigenvalue weighted by Crippen LogP contribution is 2.25. The van der Waals surface area contributed by atoms with Crippen molar-refractivity contribution in [2.24, 2.45) is 0 Å². The third-order valence-electron chi connectivity index (χ3n) is 2.85. The molecular formula is C17H14Cl2N2O2. The second-order valence-electron chi connectivity index (χ2n) is 4.63. The summed E-state index contributed by atoms with van der Waals surface area (Å²) < 4.78 is 0. The first-order chi connectivity index (χ1) is 11.0. The van der Waals surface area contributed by atoms with Crippen LogP contribution in [0.1, 0.15) is 5.56 Å². The smallest absolute Gasteiger partial charge is 0.244 e. The predicted octanol–water partition coefficient (Wildman–Crippen LogP) is 3.76. The van der Waals surface area contributed by atoms with Crippen LogP contribution in [0.2, 0.25) is 10.0 Å². The number of anilines is 1. The molecule has 0 saturated carbocycles. The van der Waals surface area contributed by atoms with Crippen LogP contribution in [0.3, 0.4) is 0 Å². The van der Waals surface area contributed by atoms with Crippen molar-refractivity contribution in [3.05, 3.63) is 70.2 Å². The van der Waals surface area contributed by atoms with Crippen molar-refractivity contribution in [1.29, 1.82) is 0 Å². The molecule has 0 saturated heterocycles. The first-order valence-corrected chi connectivity index (χ1v) is 7.56. The lowest BCUT2D eigenvalue weighted by atomic mass is 10.2. The Balaban J connectivity index is 1.83. The summed E-state index contributed by atoms with van der Waals surface area (Å²) in [5, 5.41) is 5.91. The molecule has 0 unspecified atom stereocenters. The predicted molar refractivity (Wildman–Crippen MR) is 93.6 cm³/mol. The van der Waals surface area contributed by atoms with Gasteiger partial charge in [-0.05, 0) is 29.8 Å². The number of hydrogen-bond acceptors (Lipinski definition) is 2. The molecule has 2 amide bonds. The Morgan fingerprint density at radius 3 is 2.52 bits per heavy atom. The minimum atomic E-state index is -0.393. The maximum absolute atomic E-state index is 11.8. The molecular weight excluding hydrogens is 335 g/mol. The van der Waals surface area contributed by atoms with Crippen molar-refractivity contribution in [2.45, 2.75) is 0 Å². The number of rotatable bonds is 5. The van der Waals surface area contributed by atoms with E-state index in [-0.39, 0.29) is 12.5 Å². The standard InChI is InChI=1S/C17H14Cl2N2O2/c18-13-7-8-14(19)15(10-13)21-17(23)11-20-16(22)9-6-12-4-2-1-3-5-12/h1-10H,11H2,(H,20,22)(H,21,23)/b9-6+. The van der Waals surface area contributed by atoms with Gasteiger partial charge in [-0.25, -0.2) is 0 Å². The summed E-state index contributed by atoms with van der Waals surface area (Å²) >= 11 is 11.8. The second kappa shape index (κ2) is 8.36. The Morgan fingerprint density at radius 1 is 1.04 bits per heavy atom. The van der Waals surface area contributed by atoms with Crippen molar-refractivity contribution in [2.75, 3.05) is 11.9 Å². The van der Waals surface area contributed by atoms with E-state index in [9.17, 15) is 9.59 Å². The summed E-state index contributed by atoms with van der Waals surface area (Å²) in [7, 11) is 0. The summed E-state index contributed by atoms with van der Waals surface area (Å²) in [6.45, 7) is -0.166. The lowest BCUT2D eigenvalue weighted by Gasteiger charge is -2.08. The van der Waals surface area contributed by atoms with Gasteiger partial charge in [-0.1, -0.05) is 53.5 Å². The van der Waals surface area contributed by atoms with Crippen LogP contribution in [0.25, 0.3) is 6.08 Å². The molecule has 0 atom stereocenters. The number of amides is 2. The van der Waals surface area contributed by atoms with E-state index in [1.807, 2.05) is 30.3 Å². The fourth-order valence-corrected chi connectivity index (χ4v) is 2.09. The SMILES string of the molecule is O=C(/C=C/c1ccccc1)NCC(=O)Nc1cc(Cl)ccc1Cl. The van der Waals surface area contributed by atoms with Gasteiger partial charge in [0.15, 0.2) is 0 Å². The van der Waals surface area contributed by atoms with Crippen LogP contribution in [-0.4, -0.2) is 18.4 Å². The Bertz CT molecular complexity index is 731. The summed E-state index contributed by atoms with van der Waals surface area (Å²) in [4.78, 5) is 23.5. The van der Waals surface area contributed by atoms with Crippen molar-refractivity contribution in [3.8, 4) is 0 Å². The molecule has 2 rings (SSSR count). The molecule has 0 spiro atoms. The molecule has 118 valence electrons. The molecule has 0 fully saturated rings. The van der Waals surface area contributed by atoms with Crippen LogP contribution in [0.4, 0.5) is 5.69 Å². The van der Waals surface area contributed by atoms with Gasteiger partial charge in [0.05, 0.1) is 17.3 Å². The zero-order valence-electron chi connectivity index (χ0n) is 12.1. The van der Waals surface area contributed by atoms with E-state index in [0.717, 1.165) is 5.56 Å². The molecule has 0 bridgehead atoms. The van der Waals surface area contributed by atoms with Gasteiger partial charge in [0.2, 0.25) is 11.8 Å². The van der Waals surface area contributed by atoms with E-state index in [4.69, 9.17) is 23.2 Å². The molecule has 23 heavy (non-hydrogen) atoms. The Morgan fingerprint density at radius 2 is 1.78 bits per heavy atom. The quantitative estimate of drug-likeness (QED) is 0.808. The van der Waals surface area contributed by atoms with Crippen molar-refractivity contribution in [1.82, 2.24) is 5.32 Å². The Labute approximate surface area is 144 Å². The largest absolute Gasteiger partial charge is 0.343 e. The molecule has 0 radical (unpaired) electrons. The van der Waals surface area contributed by atoms with E-state index in [1.165, 1.54) is 6.08 Å². The third kappa shape index (κ3) is 5.77. The second-order valence-corrected chi connectivity index (χ2v) is 5.48. The van der Waals surface area contributed by atoms with Gasteiger partial charge >= 0.3 is 0 Å². The molecule has 0 aromatic heterocycles. The number of halogens is 2. The maximum atomic E-state index is 11.8. The van der Waals surface area contributed by atoms with E-state index >= 15 is 0 Å². The van der Waals surface area contributed by atoms with Crippen molar-refractivity contribution < 1.29 is 9.59 Å². The zero-order chi connectivity index (χ0) is 16.7. The van der Waals surface area contributed by atoms with Crippen LogP contribution in [0.5, 0.6) is 0 Å². The number of nitrogens with one attached hydrogen (secondary N) is 2. The van der Waals surface area contributed by atoms with Crippen LogP contribution in [0.15, 0.2) is 54.6 Å². The molecule has 2 aromatic carbocycles. The molecule has 2 N–H and O–H groups in total. The number of benzene rings is 2. The number of carbonyl (C=O) groups is 2. The van der Waals surface area contributed by atoms with E-state index in [2.05, 4.69) is 10.6 Å².